The minimum absolute atomic E-state index is 0.178. The molecule has 1 fully saturated rings. The highest BCUT2D eigenvalue weighted by Crippen LogP contribution is 2.26. The van der Waals surface area contributed by atoms with E-state index in [0.717, 1.165) is 39.0 Å². The molecule has 1 aliphatic heterocycles. The van der Waals surface area contributed by atoms with Crippen molar-refractivity contribution >= 4 is 33.4 Å². The molecule has 1 saturated heterocycles. The monoisotopic (exact) mass is 402 g/mol. The number of nitrogens with one attached hydrogen (secondary N) is 1. The molecule has 0 unspecified atom stereocenters. The number of carbonyl (C=O) groups is 1. The molecule has 6 heteroatoms. The van der Waals surface area contributed by atoms with Gasteiger partial charge in [-0.25, -0.2) is 4.79 Å². The van der Waals surface area contributed by atoms with Crippen molar-refractivity contribution in [3.63, 3.8) is 0 Å². The number of thiophene rings is 1. The fourth-order valence-electron chi connectivity index (χ4n) is 2.65. The van der Waals surface area contributed by atoms with Crippen LogP contribution in [-0.2, 0) is 11.3 Å². The number of likely N-dealkylation sites (tertiary alicyclic amines) is 1. The first-order chi connectivity index (χ1) is 10.7. The molecule has 0 spiro atoms. The Morgan fingerprint density at radius 3 is 2.61 bits per heavy atom. The standard InChI is InChI=1S/C17H27BrN2O2S/c1-12-15(18)9-14(23-12)11-19-10-13-5-7-20(8-6-13)16(21)22-17(2,3)4/h9,13,19H,5-8,10-11H2,1-4H3. The molecule has 0 bridgehead atoms. The lowest BCUT2D eigenvalue weighted by molar-refractivity contribution is 0.0184. The van der Waals surface area contributed by atoms with Gasteiger partial charge in [0.2, 0.25) is 0 Å². The van der Waals surface area contributed by atoms with E-state index in [-0.39, 0.29) is 6.09 Å². The van der Waals surface area contributed by atoms with Crippen LogP contribution in [0.5, 0.6) is 0 Å². The van der Waals surface area contributed by atoms with Gasteiger partial charge < -0.3 is 15.0 Å². The molecule has 2 rings (SSSR count). The van der Waals surface area contributed by atoms with E-state index >= 15 is 0 Å². The second-order valence-electron chi connectivity index (χ2n) is 7.16. The second kappa shape index (κ2) is 7.99. The predicted octanol–water partition coefficient (Wildman–Crippen LogP) is 4.56. The van der Waals surface area contributed by atoms with Crippen LogP contribution in [0, 0.1) is 12.8 Å². The van der Waals surface area contributed by atoms with Crippen molar-refractivity contribution < 1.29 is 9.53 Å². The summed E-state index contributed by atoms with van der Waals surface area (Å²) in [6.45, 7) is 11.4. The number of amides is 1. The molecule has 0 aromatic carbocycles. The predicted molar refractivity (Wildman–Crippen MR) is 99.0 cm³/mol. The number of piperidine rings is 1. The number of aryl methyl sites for hydroxylation is 1. The van der Waals surface area contributed by atoms with Gasteiger partial charge in [-0.2, -0.15) is 0 Å². The highest BCUT2D eigenvalue weighted by Gasteiger charge is 2.26. The van der Waals surface area contributed by atoms with E-state index in [4.69, 9.17) is 4.74 Å². The number of halogens is 1. The van der Waals surface area contributed by atoms with Crippen molar-refractivity contribution in [3.05, 3.63) is 20.3 Å². The summed E-state index contributed by atoms with van der Waals surface area (Å²) < 4.78 is 6.63. The molecule has 1 aromatic heterocycles. The van der Waals surface area contributed by atoms with Crippen molar-refractivity contribution in [2.75, 3.05) is 19.6 Å². The van der Waals surface area contributed by atoms with Crippen LogP contribution in [-0.4, -0.2) is 36.2 Å². The average molecular weight is 403 g/mol. The smallest absolute Gasteiger partial charge is 0.410 e. The van der Waals surface area contributed by atoms with Gasteiger partial charge in [0.15, 0.2) is 0 Å². The maximum Gasteiger partial charge on any atom is 0.410 e. The molecule has 0 radical (unpaired) electrons. The number of hydrogen-bond donors (Lipinski definition) is 1. The first-order valence-corrected chi connectivity index (χ1v) is 9.79. The lowest BCUT2D eigenvalue weighted by Gasteiger charge is -2.33. The van der Waals surface area contributed by atoms with Crippen LogP contribution in [0.4, 0.5) is 4.79 Å². The lowest BCUT2D eigenvalue weighted by Crippen LogP contribution is -2.43. The van der Waals surface area contributed by atoms with Crippen LogP contribution in [0.25, 0.3) is 0 Å². The molecule has 23 heavy (non-hydrogen) atoms. The summed E-state index contributed by atoms with van der Waals surface area (Å²) in [5.41, 5.74) is -0.414. The normalized spacial score (nSPS) is 16.7. The molecule has 4 nitrogen and oxygen atoms in total. The molecule has 1 amide bonds. The fourth-order valence-corrected chi connectivity index (χ4v) is 4.22. The summed E-state index contributed by atoms with van der Waals surface area (Å²) in [5.74, 6) is 0.637. The van der Waals surface area contributed by atoms with E-state index in [9.17, 15) is 4.79 Å². The zero-order valence-corrected chi connectivity index (χ0v) is 16.8. The lowest BCUT2D eigenvalue weighted by atomic mass is 9.97. The Kier molecular flexibility index (Phi) is 6.51. The minimum atomic E-state index is -0.414. The van der Waals surface area contributed by atoms with Crippen LogP contribution >= 0.6 is 27.3 Å². The van der Waals surface area contributed by atoms with Crippen molar-refractivity contribution in [2.45, 2.75) is 52.7 Å². The van der Waals surface area contributed by atoms with Crippen LogP contribution in [0.1, 0.15) is 43.4 Å². The molecular formula is C17H27BrN2O2S. The molecule has 1 aromatic rings. The van der Waals surface area contributed by atoms with Crippen molar-refractivity contribution in [1.29, 1.82) is 0 Å². The van der Waals surface area contributed by atoms with Crippen molar-refractivity contribution in [3.8, 4) is 0 Å². The first kappa shape index (κ1) is 18.7. The zero-order chi connectivity index (χ0) is 17.0. The average Bonchev–Trinajstić information content (AvgIpc) is 2.76. The molecule has 0 atom stereocenters. The molecule has 1 aliphatic rings. The number of rotatable bonds is 4. The van der Waals surface area contributed by atoms with Gasteiger partial charge in [0.05, 0.1) is 0 Å². The SMILES string of the molecule is Cc1sc(CNCC2CCN(C(=O)OC(C)(C)C)CC2)cc1Br. The van der Waals surface area contributed by atoms with Gasteiger partial charge in [-0.3, -0.25) is 0 Å². The maximum atomic E-state index is 12.0. The molecular weight excluding hydrogens is 376 g/mol. The topological polar surface area (TPSA) is 41.6 Å². The Hall–Kier alpha value is -0.590. The Balaban J connectivity index is 1.67. The third-order valence-electron chi connectivity index (χ3n) is 3.91. The number of ether oxygens (including phenoxy) is 1. The minimum Gasteiger partial charge on any atom is -0.444 e. The van der Waals surface area contributed by atoms with Gasteiger partial charge >= 0.3 is 6.09 Å². The van der Waals surface area contributed by atoms with E-state index in [1.54, 1.807) is 0 Å². The summed E-state index contributed by atoms with van der Waals surface area (Å²) in [6.07, 6.45) is 1.90. The Morgan fingerprint density at radius 2 is 2.09 bits per heavy atom. The molecule has 130 valence electrons. The van der Waals surface area contributed by atoms with Crippen LogP contribution in [0.3, 0.4) is 0 Å². The quantitative estimate of drug-likeness (QED) is 0.802. The number of nitrogens with zero attached hydrogens (tertiary/aromatic N) is 1. The first-order valence-electron chi connectivity index (χ1n) is 8.18. The van der Waals surface area contributed by atoms with E-state index in [1.807, 2.05) is 37.0 Å². The highest BCUT2D eigenvalue weighted by atomic mass is 79.9. The highest BCUT2D eigenvalue weighted by molar-refractivity contribution is 9.10. The van der Waals surface area contributed by atoms with Crippen molar-refractivity contribution in [1.82, 2.24) is 10.2 Å². The Bertz CT molecular complexity index is 512. The van der Waals surface area contributed by atoms with Gasteiger partial charge in [0.25, 0.3) is 0 Å². The van der Waals surface area contributed by atoms with Crippen LogP contribution in [0.15, 0.2) is 10.5 Å². The molecule has 2 heterocycles. The van der Waals surface area contributed by atoms with E-state index in [1.165, 1.54) is 14.2 Å². The molecule has 0 aliphatic carbocycles. The second-order valence-corrected chi connectivity index (χ2v) is 9.35. The Labute approximate surface area is 151 Å². The van der Waals surface area contributed by atoms with Gasteiger partial charge in [-0.05, 0) is 75.0 Å². The van der Waals surface area contributed by atoms with Gasteiger partial charge in [0, 0.05) is 33.9 Å². The third kappa shape index (κ3) is 6.08. The largest absolute Gasteiger partial charge is 0.444 e. The third-order valence-corrected chi connectivity index (χ3v) is 6.04. The van der Waals surface area contributed by atoms with E-state index < -0.39 is 5.60 Å². The molecule has 0 saturated carbocycles. The summed E-state index contributed by atoms with van der Waals surface area (Å²) in [7, 11) is 0. The zero-order valence-electron chi connectivity index (χ0n) is 14.4. The van der Waals surface area contributed by atoms with Gasteiger partial charge in [-0.15, -0.1) is 11.3 Å². The van der Waals surface area contributed by atoms with Crippen LogP contribution in [0.2, 0.25) is 0 Å². The van der Waals surface area contributed by atoms with Gasteiger partial charge in [0.1, 0.15) is 5.60 Å². The molecule has 1 N–H and O–H groups in total. The number of carbonyl (C=O) groups excluding carboxylic acids is 1. The van der Waals surface area contributed by atoms with Gasteiger partial charge in [-0.1, -0.05) is 0 Å². The number of hydrogen-bond acceptors (Lipinski definition) is 4. The van der Waals surface area contributed by atoms with E-state index in [0.29, 0.717) is 5.92 Å². The summed E-state index contributed by atoms with van der Waals surface area (Å²) in [5, 5.41) is 3.55. The summed E-state index contributed by atoms with van der Waals surface area (Å²) in [4.78, 5) is 16.6. The van der Waals surface area contributed by atoms with Crippen LogP contribution < -0.4 is 5.32 Å². The maximum absolute atomic E-state index is 12.0. The fraction of sp³-hybridized carbons (Fsp3) is 0.706. The summed E-state index contributed by atoms with van der Waals surface area (Å²) in [6, 6.07) is 2.19. The van der Waals surface area contributed by atoms with E-state index in [2.05, 4.69) is 34.2 Å². The van der Waals surface area contributed by atoms with Crippen molar-refractivity contribution in [2.24, 2.45) is 5.92 Å². The summed E-state index contributed by atoms with van der Waals surface area (Å²) >= 11 is 5.39. The Morgan fingerprint density at radius 1 is 1.43 bits per heavy atom.